The number of esters is 1. The Morgan fingerprint density at radius 1 is 1.25 bits per heavy atom. The SMILES string of the molecule is CCCCC(=O)C1=C(O)[C@@H](C(=O)OC)[C@@H](c2ccccc2)CC1=O. The molecule has 0 saturated heterocycles. The average Bonchev–Trinajstić information content (AvgIpc) is 2.59. The van der Waals surface area contributed by atoms with E-state index in [-0.39, 0.29) is 18.4 Å². The van der Waals surface area contributed by atoms with Crippen LogP contribution >= 0.6 is 0 Å². The Balaban J connectivity index is 2.46. The lowest BCUT2D eigenvalue weighted by Crippen LogP contribution is -2.35. The number of methoxy groups -OCH3 is 1. The van der Waals surface area contributed by atoms with Gasteiger partial charge in [-0.25, -0.2) is 0 Å². The van der Waals surface area contributed by atoms with Gasteiger partial charge in [-0.15, -0.1) is 0 Å². The number of carbonyl (C=O) groups excluding carboxylic acids is 3. The first kappa shape index (κ1) is 17.9. The summed E-state index contributed by atoms with van der Waals surface area (Å²) < 4.78 is 4.80. The second-order valence-electron chi connectivity index (χ2n) is 5.93. The van der Waals surface area contributed by atoms with E-state index in [0.717, 1.165) is 12.0 Å². The highest BCUT2D eigenvalue weighted by molar-refractivity contribution is 6.21. The van der Waals surface area contributed by atoms with Crippen LogP contribution in [0.4, 0.5) is 0 Å². The number of unbranched alkanes of at least 4 members (excludes halogenated alkanes) is 1. The van der Waals surface area contributed by atoms with Crippen molar-refractivity contribution in [2.45, 2.75) is 38.5 Å². The van der Waals surface area contributed by atoms with Crippen molar-refractivity contribution in [3.05, 3.63) is 47.2 Å². The Hall–Kier alpha value is -2.43. The van der Waals surface area contributed by atoms with Crippen LogP contribution in [0.2, 0.25) is 0 Å². The molecule has 5 nitrogen and oxygen atoms in total. The Kier molecular flexibility index (Phi) is 5.90. The number of ketones is 2. The lowest BCUT2D eigenvalue weighted by atomic mass is 9.73. The van der Waals surface area contributed by atoms with Crippen molar-refractivity contribution in [1.82, 2.24) is 0 Å². The van der Waals surface area contributed by atoms with Crippen molar-refractivity contribution < 1.29 is 24.2 Å². The molecule has 1 aliphatic carbocycles. The summed E-state index contributed by atoms with van der Waals surface area (Å²) in [6.45, 7) is 1.94. The van der Waals surface area contributed by atoms with E-state index in [1.54, 1.807) is 24.3 Å². The van der Waals surface area contributed by atoms with Crippen LogP contribution in [0.5, 0.6) is 0 Å². The minimum Gasteiger partial charge on any atom is -0.510 e. The molecule has 1 aliphatic rings. The molecule has 1 aromatic rings. The molecule has 0 saturated carbocycles. The zero-order chi connectivity index (χ0) is 17.7. The summed E-state index contributed by atoms with van der Waals surface area (Å²) in [5.74, 6) is -3.48. The summed E-state index contributed by atoms with van der Waals surface area (Å²) in [6.07, 6.45) is 1.63. The fourth-order valence-electron chi connectivity index (χ4n) is 3.08. The highest BCUT2D eigenvalue weighted by atomic mass is 16.5. The molecule has 2 rings (SSSR count). The Bertz CT molecular complexity index is 660. The van der Waals surface area contributed by atoms with Crippen molar-refractivity contribution in [3.8, 4) is 0 Å². The monoisotopic (exact) mass is 330 g/mol. The number of ether oxygens (including phenoxy) is 1. The molecule has 128 valence electrons. The van der Waals surface area contributed by atoms with E-state index in [1.165, 1.54) is 7.11 Å². The lowest BCUT2D eigenvalue weighted by Gasteiger charge is -2.30. The number of benzene rings is 1. The molecule has 2 atom stereocenters. The minimum absolute atomic E-state index is 0.00103. The maximum atomic E-state index is 12.5. The van der Waals surface area contributed by atoms with Crippen LogP contribution in [0.15, 0.2) is 41.7 Å². The molecule has 0 fully saturated rings. The molecule has 0 radical (unpaired) electrons. The fourth-order valence-corrected chi connectivity index (χ4v) is 3.08. The smallest absolute Gasteiger partial charge is 0.317 e. The third-order valence-corrected chi connectivity index (χ3v) is 4.36. The zero-order valence-electron chi connectivity index (χ0n) is 14.0. The van der Waals surface area contributed by atoms with Gasteiger partial charge in [0.25, 0.3) is 0 Å². The predicted octanol–water partition coefficient (Wildman–Crippen LogP) is 3.10. The van der Waals surface area contributed by atoms with Crippen LogP contribution in [-0.4, -0.2) is 29.8 Å². The van der Waals surface area contributed by atoms with Gasteiger partial charge in [-0.1, -0.05) is 43.7 Å². The van der Waals surface area contributed by atoms with E-state index in [0.29, 0.717) is 6.42 Å². The largest absolute Gasteiger partial charge is 0.510 e. The third kappa shape index (κ3) is 3.55. The Labute approximate surface area is 141 Å². The lowest BCUT2D eigenvalue weighted by molar-refractivity contribution is -0.146. The molecule has 5 heteroatoms. The van der Waals surface area contributed by atoms with Crippen molar-refractivity contribution in [1.29, 1.82) is 0 Å². The van der Waals surface area contributed by atoms with Crippen molar-refractivity contribution >= 4 is 17.5 Å². The number of hydrogen-bond donors (Lipinski definition) is 1. The zero-order valence-corrected chi connectivity index (χ0v) is 14.0. The van der Waals surface area contributed by atoms with E-state index in [1.807, 2.05) is 13.0 Å². The van der Waals surface area contributed by atoms with E-state index in [9.17, 15) is 19.5 Å². The number of aliphatic hydroxyl groups is 1. The molecular weight excluding hydrogens is 308 g/mol. The first-order chi connectivity index (χ1) is 11.5. The maximum Gasteiger partial charge on any atom is 0.317 e. The summed E-state index contributed by atoms with van der Waals surface area (Å²) in [4.78, 5) is 37.0. The predicted molar refractivity (Wildman–Crippen MR) is 88.5 cm³/mol. The third-order valence-electron chi connectivity index (χ3n) is 4.36. The van der Waals surface area contributed by atoms with Crippen molar-refractivity contribution in [2.75, 3.05) is 7.11 Å². The Morgan fingerprint density at radius 2 is 1.92 bits per heavy atom. The van der Waals surface area contributed by atoms with Gasteiger partial charge in [0.05, 0.1) is 12.7 Å². The normalized spacial score (nSPS) is 20.8. The van der Waals surface area contributed by atoms with E-state index >= 15 is 0 Å². The summed E-state index contributed by atoms with van der Waals surface area (Å²) in [6, 6.07) is 9.03. The van der Waals surface area contributed by atoms with Gasteiger partial charge in [-0.3, -0.25) is 14.4 Å². The van der Waals surface area contributed by atoms with Gasteiger partial charge in [-0.05, 0) is 12.0 Å². The van der Waals surface area contributed by atoms with E-state index < -0.39 is 35.1 Å². The molecule has 0 spiro atoms. The average molecular weight is 330 g/mol. The van der Waals surface area contributed by atoms with Crippen molar-refractivity contribution in [2.24, 2.45) is 5.92 Å². The van der Waals surface area contributed by atoms with Gasteiger partial charge in [0, 0.05) is 18.8 Å². The minimum atomic E-state index is -1.03. The number of Topliss-reactive ketones (excluding diaryl/α,β-unsaturated/α-hetero) is 2. The quantitative estimate of drug-likeness (QED) is 0.640. The van der Waals surface area contributed by atoms with Crippen LogP contribution in [0.1, 0.15) is 44.1 Å². The standard InChI is InChI=1S/C19H22O5/c1-3-4-10-14(20)17-15(21)11-13(12-8-6-5-7-9-12)16(18(17)22)19(23)24-2/h5-9,13,16,22H,3-4,10-11H2,1-2H3/t13-,16+/m1/s1. The van der Waals surface area contributed by atoms with Crippen LogP contribution in [0.3, 0.4) is 0 Å². The number of aliphatic hydroxyl groups excluding tert-OH is 1. The number of rotatable bonds is 6. The number of allylic oxidation sites excluding steroid dienone is 1. The molecule has 0 amide bonds. The highest BCUT2D eigenvalue weighted by Crippen LogP contribution is 2.40. The van der Waals surface area contributed by atoms with Gasteiger partial charge in [0.15, 0.2) is 11.6 Å². The summed E-state index contributed by atoms with van der Waals surface area (Å²) in [5.41, 5.74) is 0.527. The second kappa shape index (κ2) is 7.90. The highest BCUT2D eigenvalue weighted by Gasteiger charge is 2.43. The van der Waals surface area contributed by atoms with Crippen LogP contribution in [0, 0.1) is 5.92 Å². The molecule has 24 heavy (non-hydrogen) atoms. The number of carbonyl (C=O) groups is 3. The Morgan fingerprint density at radius 3 is 2.50 bits per heavy atom. The molecule has 0 bridgehead atoms. The maximum absolute atomic E-state index is 12.5. The van der Waals surface area contributed by atoms with Gasteiger partial charge in [0.2, 0.25) is 0 Å². The topological polar surface area (TPSA) is 80.7 Å². The fraction of sp³-hybridized carbons (Fsp3) is 0.421. The molecule has 0 aliphatic heterocycles. The van der Waals surface area contributed by atoms with E-state index in [2.05, 4.69) is 0 Å². The van der Waals surface area contributed by atoms with Gasteiger partial charge >= 0.3 is 5.97 Å². The van der Waals surface area contributed by atoms with E-state index in [4.69, 9.17) is 4.74 Å². The van der Waals surface area contributed by atoms with Gasteiger partial charge in [-0.2, -0.15) is 0 Å². The molecule has 1 N–H and O–H groups in total. The van der Waals surface area contributed by atoms with Crippen LogP contribution in [0.25, 0.3) is 0 Å². The molecule has 0 aromatic heterocycles. The first-order valence-corrected chi connectivity index (χ1v) is 8.13. The molecule has 1 aromatic carbocycles. The number of hydrogen-bond acceptors (Lipinski definition) is 5. The molecule has 0 heterocycles. The summed E-state index contributed by atoms with van der Waals surface area (Å²) in [5, 5.41) is 10.5. The molecule has 0 unspecified atom stereocenters. The van der Waals surface area contributed by atoms with Crippen LogP contribution in [-0.2, 0) is 19.1 Å². The van der Waals surface area contributed by atoms with Gasteiger partial charge < -0.3 is 9.84 Å². The summed E-state index contributed by atoms with van der Waals surface area (Å²) in [7, 11) is 1.23. The van der Waals surface area contributed by atoms with Crippen molar-refractivity contribution in [3.63, 3.8) is 0 Å². The summed E-state index contributed by atoms with van der Waals surface area (Å²) >= 11 is 0. The molecular formula is C19H22O5. The van der Waals surface area contributed by atoms with Crippen LogP contribution < -0.4 is 0 Å². The second-order valence-corrected chi connectivity index (χ2v) is 5.93. The first-order valence-electron chi connectivity index (χ1n) is 8.13. The van der Waals surface area contributed by atoms with Gasteiger partial charge in [0.1, 0.15) is 11.7 Å².